The van der Waals surface area contributed by atoms with Gasteiger partial charge in [-0.1, -0.05) is 6.42 Å². The zero-order chi connectivity index (χ0) is 14.7. The maximum atomic E-state index is 11.3. The van der Waals surface area contributed by atoms with E-state index >= 15 is 0 Å². The number of aliphatic carboxylic acids is 1. The number of likely N-dealkylation sites (tertiary alicyclic amines) is 1. The fraction of sp³-hybridized carbons (Fsp3) is 0.933. The van der Waals surface area contributed by atoms with Gasteiger partial charge in [-0.25, -0.2) is 0 Å². The van der Waals surface area contributed by atoms with Gasteiger partial charge < -0.3 is 10.4 Å². The molecule has 2 N–H and O–H groups in total. The van der Waals surface area contributed by atoms with Crippen molar-refractivity contribution in [1.82, 2.24) is 10.2 Å². The molecule has 0 aromatic rings. The second-order valence-corrected chi connectivity index (χ2v) is 7.44. The van der Waals surface area contributed by atoms with Crippen molar-refractivity contribution >= 4 is 5.97 Å². The Hall–Kier alpha value is -0.610. The van der Waals surface area contributed by atoms with E-state index in [1.54, 1.807) is 0 Å². The third-order valence-electron chi connectivity index (χ3n) is 3.79. The third kappa shape index (κ3) is 5.49. The average molecular weight is 270 g/mol. The number of rotatable bonds is 5. The standard InChI is InChI=1S/C15H30N2O2/c1-14(2,3)16-10-12-8-6-7-9-17(12)11-15(4,5)13(18)19/h12,16H,6-11H2,1-5H3,(H,18,19). The predicted molar refractivity (Wildman–Crippen MR) is 78.4 cm³/mol. The first-order valence-corrected chi connectivity index (χ1v) is 7.34. The summed E-state index contributed by atoms with van der Waals surface area (Å²) < 4.78 is 0. The van der Waals surface area contributed by atoms with Crippen LogP contribution in [0.3, 0.4) is 0 Å². The molecule has 1 rings (SSSR count). The third-order valence-corrected chi connectivity index (χ3v) is 3.79. The smallest absolute Gasteiger partial charge is 0.310 e. The topological polar surface area (TPSA) is 52.6 Å². The average Bonchev–Trinajstić information content (AvgIpc) is 2.26. The zero-order valence-electron chi connectivity index (χ0n) is 13.1. The Kier molecular flexibility index (Phi) is 5.39. The van der Waals surface area contributed by atoms with Crippen molar-refractivity contribution in [3.63, 3.8) is 0 Å². The maximum absolute atomic E-state index is 11.3. The van der Waals surface area contributed by atoms with Crippen LogP contribution in [0.25, 0.3) is 0 Å². The molecule has 1 heterocycles. The lowest BCUT2D eigenvalue weighted by Gasteiger charge is -2.40. The molecule has 0 bridgehead atoms. The van der Waals surface area contributed by atoms with Gasteiger partial charge in [0, 0.05) is 24.7 Å². The van der Waals surface area contributed by atoms with Gasteiger partial charge in [0.15, 0.2) is 0 Å². The van der Waals surface area contributed by atoms with Gasteiger partial charge in [-0.3, -0.25) is 9.69 Å². The first-order chi connectivity index (χ1) is 8.62. The Morgan fingerprint density at radius 3 is 2.42 bits per heavy atom. The van der Waals surface area contributed by atoms with E-state index in [1.165, 1.54) is 19.3 Å². The Labute approximate surface area is 117 Å². The van der Waals surface area contributed by atoms with Crippen molar-refractivity contribution in [1.29, 1.82) is 0 Å². The van der Waals surface area contributed by atoms with Crippen LogP contribution in [0.4, 0.5) is 0 Å². The predicted octanol–water partition coefficient (Wildman–Crippen LogP) is 2.34. The van der Waals surface area contributed by atoms with Gasteiger partial charge >= 0.3 is 5.97 Å². The summed E-state index contributed by atoms with van der Waals surface area (Å²) in [6, 6.07) is 0.464. The molecule has 0 saturated carbocycles. The van der Waals surface area contributed by atoms with E-state index in [9.17, 15) is 9.90 Å². The van der Waals surface area contributed by atoms with Crippen LogP contribution in [0.1, 0.15) is 53.9 Å². The van der Waals surface area contributed by atoms with E-state index < -0.39 is 11.4 Å². The molecule has 0 aliphatic carbocycles. The summed E-state index contributed by atoms with van der Waals surface area (Å²) in [4.78, 5) is 13.6. The second-order valence-electron chi connectivity index (χ2n) is 7.44. The number of piperidine rings is 1. The number of hydrogen-bond acceptors (Lipinski definition) is 3. The Morgan fingerprint density at radius 2 is 1.89 bits per heavy atom. The SMILES string of the molecule is CC(C)(C)NCC1CCCCN1CC(C)(C)C(=O)O. The van der Waals surface area contributed by atoms with Crippen molar-refractivity contribution in [3.05, 3.63) is 0 Å². The van der Waals surface area contributed by atoms with Crippen molar-refractivity contribution in [3.8, 4) is 0 Å². The van der Waals surface area contributed by atoms with Crippen LogP contribution in [-0.2, 0) is 4.79 Å². The van der Waals surface area contributed by atoms with Crippen molar-refractivity contribution in [2.45, 2.75) is 65.5 Å². The molecule has 0 radical (unpaired) electrons. The molecule has 4 heteroatoms. The van der Waals surface area contributed by atoms with Gasteiger partial charge in [-0.05, 0) is 54.0 Å². The van der Waals surface area contributed by atoms with E-state index in [1.807, 2.05) is 13.8 Å². The van der Waals surface area contributed by atoms with Crippen LogP contribution < -0.4 is 5.32 Å². The molecular formula is C15H30N2O2. The number of carboxylic acids is 1. The molecule has 1 saturated heterocycles. The first kappa shape index (κ1) is 16.4. The molecule has 4 nitrogen and oxygen atoms in total. The van der Waals surface area contributed by atoms with Gasteiger partial charge in [0.2, 0.25) is 0 Å². The number of nitrogens with zero attached hydrogens (tertiary/aromatic N) is 1. The van der Waals surface area contributed by atoms with Gasteiger partial charge in [0.05, 0.1) is 5.41 Å². The summed E-state index contributed by atoms with van der Waals surface area (Å²) in [7, 11) is 0. The van der Waals surface area contributed by atoms with E-state index in [-0.39, 0.29) is 5.54 Å². The van der Waals surface area contributed by atoms with Crippen LogP contribution in [0.2, 0.25) is 0 Å². The molecule has 1 atom stereocenters. The minimum Gasteiger partial charge on any atom is -0.481 e. The van der Waals surface area contributed by atoms with E-state index in [0.717, 1.165) is 13.1 Å². The lowest BCUT2D eigenvalue weighted by Crippen LogP contribution is -2.52. The van der Waals surface area contributed by atoms with Crippen molar-refractivity contribution in [2.24, 2.45) is 5.41 Å². The van der Waals surface area contributed by atoms with Crippen LogP contribution in [-0.4, -0.2) is 47.2 Å². The summed E-state index contributed by atoms with van der Waals surface area (Å²) in [5, 5.41) is 12.8. The van der Waals surface area contributed by atoms with Crippen molar-refractivity contribution in [2.75, 3.05) is 19.6 Å². The van der Waals surface area contributed by atoms with Gasteiger partial charge in [-0.2, -0.15) is 0 Å². The van der Waals surface area contributed by atoms with E-state index in [2.05, 4.69) is 31.0 Å². The summed E-state index contributed by atoms with van der Waals surface area (Å²) in [5.41, 5.74) is -0.553. The minimum atomic E-state index is -0.708. The number of hydrogen-bond donors (Lipinski definition) is 2. The van der Waals surface area contributed by atoms with E-state index in [4.69, 9.17) is 0 Å². The van der Waals surface area contributed by atoms with Crippen LogP contribution in [0.15, 0.2) is 0 Å². The van der Waals surface area contributed by atoms with Crippen molar-refractivity contribution < 1.29 is 9.90 Å². The number of carboxylic acid groups (broad SMARTS) is 1. The highest BCUT2D eigenvalue weighted by Gasteiger charge is 2.33. The quantitative estimate of drug-likeness (QED) is 0.805. The summed E-state index contributed by atoms with van der Waals surface area (Å²) in [6.45, 7) is 12.7. The molecule has 0 amide bonds. The lowest BCUT2D eigenvalue weighted by molar-refractivity contribution is -0.148. The highest BCUT2D eigenvalue weighted by Crippen LogP contribution is 2.24. The molecule has 1 unspecified atom stereocenters. The van der Waals surface area contributed by atoms with Crippen LogP contribution in [0, 0.1) is 5.41 Å². The molecule has 19 heavy (non-hydrogen) atoms. The molecule has 0 spiro atoms. The maximum Gasteiger partial charge on any atom is 0.310 e. The molecule has 0 aromatic carbocycles. The molecule has 0 aromatic heterocycles. The van der Waals surface area contributed by atoms with Gasteiger partial charge in [0.1, 0.15) is 0 Å². The molecule has 1 aliphatic rings. The Bertz CT molecular complexity index is 308. The molecule has 1 aliphatic heterocycles. The van der Waals surface area contributed by atoms with Gasteiger partial charge in [-0.15, -0.1) is 0 Å². The largest absolute Gasteiger partial charge is 0.481 e. The molecule has 1 fully saturated rings. The van der Waals surface area contributed by atoms with Crippen LogP contribution in [0.5, 0.6) is 0 Å². The highest BCUT2D eigenvalue weighted by molar-refractivity contribution is 5.73. The first-order valence-electron chi connectivity index (χ1n) is 7.34. The normalized spacial score (nSPS) is 22.5. The number of nitrogens with one attached hydrogen (secondary N) is 1. The fourth-order valence-electron chi connectivity index (χ4n) is 2.50. The minimum absolute atomic E-state index is 0.117. The summed E-state index contributed by atoms with van der Waals surface area (Å²) >= 11 is 0. The highest BCUT2D eigenvalue weighted by atomic mass is 16.4. The Morgan fingerprint density at radius 1 is 1.26 bits per heavy atom. The zero-order valence-corrected chi connectivity index (χ0v) is 13.1. The monoisotopic (exact) mass is 270 g/mol. The fourth-order valence-corrected chi connectivity index (χ4v) is 2.50. The summed E-state index contributed by atoms with van der Waals surface area (Å²) in [5.74, 6) is -0.708. The number of carbonyl (C=O) groups is 1. The second kappa shape index (κ2) is 6.23. The van der Waals surface area contributed by atoms with E-state index in [0.29, 0.717) is 12.6 Å². The lowest BCUT2D eigenvalue weighted by atomic mass is 9.90. The summed E-state index contributed by atoms with van der Waals surface area (Å²) in [6.07, 6.45) is 3.60. The Balaban J connectivity index is 2.60. The van der Waals surface area contributed by atoms with Gasteiger partial charge in [0.25, 0.3) is 0 Å². The molecule has 112 valence electrons. The molecular weight excluding hydrogens is 240 g/mol. The van der Waals surface area contributed by atoms with Crippen LogP contribution >= 0.6 is 0 Å².